The van der Waals surface area contributed by atoms with E-state index >= 15 is 0 Å². The van der Waals surface area contributed by atoms with Crippen molar-refractivity contribution in [3.63, 3.8) is 0 Å². The molecule has 0 unspecified atom stereocenters. The van der Waals surface area contributed by atoms with Crippen molar-refractivity contribution in [2.75, 3.05) is 0 Å². The van der Waals surface area contributed by atoms with E-state index in [2.05, 4.69) is 65.0 Å². The van der Waals surface area contributed by atoms with Gasteiger partial charge in [0.25, 0.3) is 0 Å². The van der Waals surface area contributed by atoms with Gasteiger partial charge in [0.05, 0.1) is 0 Å². The number of benzene rings is 1. The van der Waals surface area contributed by atoms with Crippen LogP contribution in [0.2, 0.25) is 0 Å². The summed E-state index contributed by atoms with van der Waals surface area (Å²) in [5.74, 6) is 0. The molecule has 0 aliphatic rings. The van der Waals surface area contributed by atoms with Crippen molar-refractivity contribution in [3.8, 4) is 0 Å². The highest BCUT2D eigenvalue weighted by Gasteiger charge is 2.12. The third kappa shape index (κ3) is 3.91. The largest absolute Gasteiger partial charge is 0.0815 e. The Kier molecular flexibility index (Phi) is 3.73. The summed E-state index contributed by atoms with van der Waals surface area (Å²) < 4.78 is 0. The number of rotatable bonds is 2. The highest BCUT2D eigenvalue weighted by molar-refractivity contribution is 5.28. The molecule has 0 amide bonds. The Hall–Kier alpha value is -1.04. The Balaban J connectivity index is 2.77. The van der Waals surface area contributed by atoms with E-state index in [0.29, 0.717) is 0 Å². The molecule has 0 aromatic heterocycles. The monoisotopic (exact) mass is 202 g/mol. The van der Waals surface area contributed by atoms with E-state index in [-0.39, 0.29) is 5.41 Å². The summed E-state index contributed by atoms with van der Waals surface area (Å²) in [6.07, 6.45) is 3.32. The second kappa shape index (κ2) is 4.65. The molecule has 0 heteroatoms. The van der Waals surface area contributed by atoms with Crippen LogP contribution in [0.5, 0.6) is 0 Å². The van der Waals surface area contributed by atoms with Gasteiger partial charge < -0.3 is 0 Å². The van der Waals surface area contributed by atoms with E-state index in [9.17, 15) is 0 Å². The number of allylic oxidation sites excluding steroid dienone is 2. The van der Waals surface area contributed by atoms with Crippen LogP contribution in [0.1, 0.15) is 45.7 Å². The van der Waals surface area contributed by atoms with Gasteiger partial charge in [-0.1, -0.05) is 56.7 Å². The lowest BCUT2D eigenvalue weighted by Crippen LogP contribution is -2.10. The quantitative estimate of drug-likeness (QED) is 0.620. The summed E-state index contributed by atoms with van der Waals surface area (Å²) in [5, 5.41) is 0. The molecule has 1 aromatic rings. The lowest BCUT2D eigenvalue weighted by atomic mass is 9.86. The van der Waals surface area contributed by atoms with Crippen molar-refractivity contribution in [1.29, 1.82) is 0 Å². The van der Waals surface area contributed by atoms with E-state index in [4.69, 9.17) is 0 Å². The summed E-state index contributed by atoms with van der Waals surface area (Å²) in [7, 11) is 0. The third-order valence-electron chi connectivity index (χ3n) is 2.57. The Morgan fingerprint density at radius 1 is 1.07 bits per heavy atom. The van der Waals surface area contributed by atoms with Gasteiger partial charge in [0.15, 0.2) is 0 Å². The summed E-state index contributed by atoms with van der Waals surface area (Å²) in [6.45, 7) is 11.0. The van der Waals surface area contributed by atoms with Crippen molar-refractivity contribution in [3.05, 3.63) is 47.0 Å². The molecule has 0 aliphatic carbocycles. The van der Waals surface area contributed by atoms with Crippen LogP contribution in [-0.2, 0) is 11.8 Å². The maximum atomic E-state index is 2.27. The highest BCUT2D eigenvalue weighted by Crippen LogP contribution is 2.22. The maximum absolute atomic E-state index is 2.27. The topological polar surface area (TPSA) is 0 Å². The first-order valence-electron chi connectivity index (χ1n) is 5.62. The highest BCUT2D eigenvalue weighted by atomic mass is 14.2. The van der Waals surface area contributed by atoms with Crippen LogP contribution in [0.25, 0.3) is 0 Å². The van der Waals surface area contributed by atoms with E-state index in [0.717, 1.165) is 6.42 Å². The molecular weight excluding hydrogens is 180 g/mol. The summed E-state index contributed by atoms with van der Waals surface area (Å²) in [5.41, 5.74) is 4.44. The van der Waals surface area contributed by atoms with Gasteiger partial charge in [0.1, 0.15) is 0 Å². The molecule has 0 saturated carbocycles. The van der Waals surface area contributed by atoms with Crippen molar-refractivity contribution in [2.45, 2.75) is 46.5 Å². The maximum Gasteiger partial charge on any atom is -0.00950 e. The average molecular weight is 202 g/mol. The minimum Gasteiger partial charge on any atom is -0.0815 e. The number of hydrogen-bond donors (Lipinski definition) is 0. The molecule has 1 aromatic carbocycles. The first-order chi connectivity index (χ1) is 6.89. The zero-order valence-electron chi connectivity index (χ0n) is 10.6. The lowest BCUT2D eigenvalue weighted by Gasteiger charge is -2.19. The van der Waals surface area contributed by atoms with Crippen LogP contribution in [0.3, 0.4) is 0 Å². The van der Waals surface area contributed by atoms with E-state index in [1.807, 2.05) is 0 Å². The van der Waals surface area contributed by atoms with Gasteiger partial charge in [-0.05, 0) is 36.8 Å². The Bertz CT molecular complexity index is 329. The Morgan fingerprint density at radius 2 is 1.60 bits per heavy atom. The fourth-order valence-corrected chi connectivity index (χ4v) is 1.46. The van der Waals surface area contributed by atoms with Crippen LogP contribution in [-0.4, -0.2) is 0 Å². The van der Waals surface area contributed by atoms with E-state index in [1.165, 1.54) is 16.7 Å². The molecule has 82 valence electrons. The van der Waals surface area contributed by atoms with E-state index < -0.39 is 0 Å². The zero-order chi connectivity index (χ0) is 11.5. The smallest absolute Gasteiger partial charge is 0.00950 e. The Morgan fingerprint density at radius 3 is 2.00 bits per heavy atom. The van der Waals surface area contributed by atoms with Gasteiger partial charge in [0.2, 0.25) is 0 Å². The molecule has 15 heavy (non-hydrogen) atoms. The molecule has 0 bridgehead atoms. The fraction of sp³-hybridized carbons (Fsp3) is 0.467. The van der Waals surface area contributed by atoms with Gasteiger partial charge >= 0.3 is 0 Å². The van der Waals surface area contributed by atoms with Crippen molar-refractivity contribution in [2.24, 2.45) is 0 Å². The van der Waals surface area contributed by atoms with Crippen LogP contribution in [0, 0.1) is 0 Å². The standard InChI is InChI=1S/C15H22/c1-12(2)6-7-13-8-10-14(11-9-13)15(3,4)5/h6,8-11H,7H2,1-5H3. The van der Waals surface area contributed by atoms with Crippen LogP contribution < -0.4 is 0 Å². The van der Waals surface area contributed by atoms with Gasteiger partial charge in [-0.25, -0.2) is 0 Å². The molecule has 0 N–H and O–H groups in total. The van der Waals surface area contributed by atoms with Crippen LogP contribution in [0.4, 0.5) is 0 Å². The van der Waals surface area contributed by atoms with E-state index in [1.54, 1.807) is 0 Å². The van der Waals surface area contributed by atoms with Crippen molar-refractivity contribution >= 4 is 0 Å². The van der Waals surface area contributed by atoms with Crippen molar-refractivity contribution < 1.29 is 0 Å². The summed E-state index contributed by atoms with van der Waals surface area (Å²) in [4.78, 5) is 0. The van der Waals surface area contributed by atoms with Crippen LogP contribution >= 0.6 is 0 Å². The zero-order valence-corrected chi connectivity index (χ0v) is 10.6. The summed E-state index contributed by atoms with van der Waals surface area (Å²) >= 11 is 0. The molecule has 0 aliphatic heterocycles. The molecule has 0 radical (unpaired) electrons. The van der Waals surface area contributed by atoms with Gasteiger partial charge in [-0.2, -0.15) is 0 Å². The SMILES string of the molecule is CC(C)=CCc1ccc(C(C)(C)C)cc1. The molecule has 1 rings (SSSR count). The summed E-state index contributed by atoms with van der Waals surface area (Å²) in [6, 6.07) is 8.96. The number of hydrogen-bond acceptors (Lipinski definition) is 0. The second-order valence-corrected chi connectivity index (χ2v) is 5.43. The first kappa shape index (κ1) is 12.0. The molecule has 0 saturated heterocycles. The fourth-order valence-electron chi connectivity index (χ4n) is 1.46. The van der Waals surface area contributed by atoms with Gasteiger partial charge in [0, 0.05) is 0 Å². The van der Waals surface area contributed by atoms with Gasteiger partial charge in [-0.15, -0.1) is 0 Å². The van der Waals surface area contributed by atoms with Gasteiger partial charge in [-0.3, -0.25) is 0 Å². The van der Waals surface area contributed by atoms with Crippen LogP contribution in [0.15, 0.2) is 35.9 Å². The van der Waals surface area contributed by atoms with Crippen molar-refractivity contribution in [1.82, 2.24) is 0 Å². The second-order valence-electron chi connectivity index (χ2n) is 5.43. The molecule has 0 heterocycles. The molecule has 0 atom stereocenters. The molecule has 0 nitrogen and oxygen atoms in total. The molecular formula is C15H22. The molecule has 0 spiro atoms. The normalized spacial score (nSPS) is 11.3. The third-order valence-corrected chi connectivity index (χ3v) is 2.57. The minimum absolute atomic E-state index is 0.259. The molecule has 0 fully saturated rings. The minimum atomic E-state index is 0.259. The Labute approximate surface area is 94.0 Å². The average Bonchev–Trinajstić information content (AvgIpc) is 2.14. The predicted molar refractivity (Wildman–Crippen MR) is 68.3 cm³/mol. The predicted octanol–water partition coefficient (Wildman–Crippen LogP) is 4.49. The first-order valence-corrected chi connectivity index (χ1v) is 5.62. The lowest BCUT2D eigenvalue weighted by molar-refractivity contribution is 0.590.